The number of nitro groups is 1. The summed E-state index contributed by atoms with van der Waals surface area (Å²) in [5.41, 5.74) is 0.0588. The fourth-order valence-electron chi connectivity index (χ4n) is 2.08. The van der Waals surface area contributed by atoms with Crippen LogP contribution < -0.4 is 4.74 Å². The summed E-state index contributed by atoms with van der Waals surface area (Å²) in [7, 11) is 0. The van der Waals surface area contributed by atoms with Crippen LogP contribution in [0.3, 0.4) is 0 Å². The Morgan fingerprint density at radius 1 is 1.25 bits per heavy atom. The summed E-state index contributed by atoms with van der Waals surface area (Å²) < 4.78 is 11.4. The number of non-ortho nitro benzene ring substituents is 1. The molecule has 0 saturated heterocycles. The molecule has 0 aliphatic heterocycles. The molecule has 1 heterocycles. The first-order valence-electron chi connectivity index (χ1n) is 7.73. The first kappa shape index (κ1) is 20.3. The van der Waals surface area contributed by atoms with Gasteiger partial charge in [0.05, 0.1) is 10.7 Å². The van der Waals surface area contributed by atoms with Crippen molar-refractivity contribution in [1.29, 1.82) is 0 Å². The average Bonchev–Trinajstić information content (AvgIpc) is 3.14. The molecule has 3 rings (SSSR count). The maximum Gasteiger partial charge on any atom is 0.277 e. The Hall–Kier alpha value is -2.43. The van der Waals surface area contributed by atoms with Crippen LogP contribution in [-0.2, 0) is 6.61 Å². The largest absolute Gasteiger partial charge is 0.484 e. The van der Waals surface area contributed by atoms with Gasteiger partial charge in [-0.15, -0.1) is 10.2 Å². The van der Waals surface area contributed by atoms with E-state index in [0.29, 0.717) is 15.2 Å². The number of carbonyl (C=O) groups is 1. The van der Waals surface area contributed by atoms with Crippen molar-refractivity contribution < 1.29 is 18.9 Å². The number of rotatable bonds is 8. The number of halogens is 2. The second-order valence-electron chi connectivity index (χ2n) is 5.34. The molecular formula is C17H11BrClN3O5S. The minimum Gasteiger partial charge on any atom is -0.484 e. The molecule has 11 heteroatoms. The van der Waals surface area contributed by atoms with E-state index >= 15 is 0 Å². The Balaban J connectivity index is 1.57. The topological polar surface area (TPSA) is 108 Å². The maximum atomic E-state index is 12.4. The molecular weight excluding hydrogens is 474 g/mol. The van der Waals surface area contributed by atoms with Crippen molar-refractivity contribution in [3.63, 3.8) is 0 Å². The van der Waals surface area contributed by atoms with Gasteiger partial charge in [0, 0.05) is 27.2 Å². The number of nitrogens with zero attached hydrogens (tertiary/aromatic N) is 3. The van der Waals surface area contributed by atoms with Crippen LogP contribution in [0.5, 0.6) is 5.75 Å². The Morgan fingerprint density at radius 3 is 2.71 bits per heavy atom. The molecule has 1 aromatic heterocycles. The highest BCUT2D eigenvalue weighted by Crippen LogP contribution is 2.26. The lowest BCUT2D eigenvalue weighted by Gasteiger charge is -2.03. The molecule has 28 heavy (non-hydrogen) atoms. The lowest BCUT2D eigenvalue weighted by atomic mass is 10.1. The lowest BCUT2D eigenvalue weighted by molar-refractivity contribution is -0.384. The van der Waals surface area contributed by atoms with Gasteiger partial charge in [0.25, 0.3) is 16.8 Å². The van der Waals surface area contributed by atoms with Gasteiger partial charge in [-0.25, -0.2) is 0 Å². The van der Waals surface area contributed by atoms with E-state index in [1.54, 1.807) is 24.3 Å². The summed E-state index contributed by atoms with van der Waals surface area (Å²) in [6.45, 7) is 0.0690. The van der Waals surface area contributed by atoms with Crippen LogP contribution in [0, 0.1) is 10.1 Å². The number of hydrogen-bond donors (Lipinski definition) is 0. The van der Waals surface area contributed by atoms with E-state index in [4.69, 9.17) is 20.8 Å². The van der Waals surface area contributed by atoms with E-state index in [1.165, 1.54) is 18.2 Å². The molecule has 0 saturated carbocycles. The van der Waals surface area contributed by atoms with Crippen molar-refractivity contribution in [2.24, 2.45) is 0 Å². The number of carbonyl (C=O) groups excluding carboxylic acids is 1. The molecule has 2 aromatic carbocycles. The molecule has 0 atom stereocenters. The van der Waals surface area contributed by atoms with Crippen molar-refractivity contribution >= 4 is 50.8 Å². The molecule has 0 unspecified atom stereocenters. The Bertz CT molecular complexity index is 1010. The van der Waals surface area contributed by atoms with Crippen LogP contribution in [0.4, 0.5) is 5.69 Å². The summed E-state index contributed by atoms with van der Waals surface area (Å²) in [6.07, 6.45) is 0. The fraction of sp³-hybridized carbons (Fsp3) is 0.118. The summed E-state index contributed by atoms with van der Waals surface area (Å²) in [5, 5.41) is 19.4. The van der Waals surface area contributed by atoms with Crippen LogP contribution in [0.15, 0.2) is 56.6 Å². The van der Waals surface area contributed by atoms with Crippen LogP contribution in [0.2, 0.25) is 5.02 Å². The molecule has 0 aliphatic rings. The van der Waals surface area contributed by atoms with Crippen molar-refractivity contribution in [1.82, 2.24) is 10.2 Å². The molecule has 0 N–H and O–H groups in total. The number of benzene rings is 2. The fourth-order valence-corrected chi connectivity index (χ4v) is 3.33. The smallest absolute Gasteiger partial charge is 0.277 e. The van der Waals surface area contributed by atoms with E-state index in [1.807, 2.05) is 0 Å². The molecule has 0 fully saturated rings. The van der Waals surface area contributed by atoms with Gasteiger partial charge in [0.1, 0.15) is 5.75 Å². The molecule has 0 amide bonds. The van der Waals surface area contributed by atoms with E-state index in [0.717, 1.165) is 11.8 Å². The van der Waals surface area contributed by atoms with Gasteiger partial charge in [-0.2, -0.15) is 0 Å². The van der Waals surface area contributed by atoms with Gasteiger partial charge in [-0.1, -0.05) is 39.3 Å². The van der Waals surface area contributed by atoms with Gasteiger partial charge in [0.15, 0.2) is 12.4 Å². The van der Waals surface area contributed by atoms with E-state index in [-0.39, 0.29) is 40.5 Å². The van der Waals surface area contributed by atoms with E-state index in [9.17, 15) is 14.9 Å². The van der Waals surface area contributed by atoms with Gasteiger partial charge < -0.3 is 9.15 Å². The maximum absolute atomic E-state index is 12.4. The first-order chi connectivity index (χ1) is 13.4. The van der Waals surface area contributed by atoms with Crippen LogP contribution in [-0.4, -0.2) is 26.7 Å². The van der Waals surface area contributed by atoms with Crippen LogP contribution >= 0.6 is 39.3 Å². The van der Waals surface area contributed by atoms with Crippen molar-refractivity contribution in [3.8, 4) is 5.75 Å². The monoisotopic (exact) mass is 483 g/mol. The minimum atomic E-state index is -0.554. The first-order valence-corrected chi connectivity index (χ1v) is 9.88. The third kappa shape index (κ3) is 5.31. The summed E-state index contributed by atoms with van der Waals surface area (Å²) >= 11 is 10.1. The highest BCUT2D eigenvalue weighted by Gasteiger charge is 2.17. The Morgan fingerprint density at radius 2 is 2.00 bits per heavy atom. The zero-order chi connectivity index (χ0) is 20.1. The number of ether oxygens (including phenoxy) is 1. The predicted molar refractivity (Wildman–Crippen MR) is 106 cm³/mol. The van der Waals surface area contributed by atoms with Gasteiger partial charge in [-0.3, -0.25) is 14.9 Å². The number of aromatic nitrogens is 2. The van der Waals surface area contributed by atoms with Crippen LogP contribution in [0.25, 0.3) is 0 Å². The zero-order valence-corrected chi connectivity index (χ0v) is 17.2. The third-order valence-corrected chi connectivity index (χ3v) is 5.17. The second kappa shape index (κ2) is 9.18. The number of nitro benzene ring substituents is 1. The van der Waals surface area contributed by atoms with Gasteiger partial charge >= 0.3 is 0 Å². The zero-order valence-electron chi connectivity index (χ0n) is 14.0. The third-order valence-electron chi connectivity index (χ3n) is 3.41. The van der Waals surface area contributed by atoms with E-state index in [2.05, 4.69) is 26.1 Å². The Labute approximate surface area is 176 Å². The molecule has 3 aromatic rings. The number of hydrogen-bond acceptors (Lipinski definition) is 8. The quantitative estimate of drug-likeness (QED) is 0.191. The Kier molecular flexibility index (Phi) is 6.65. The van der Waals surface area contributed by atoms with Crippen LogP contribution in [0.1, 0.15) is 16.2 Å². The summed E-state index contributed by atoms with van der Waals surface area (Å²) in [4.78, 5) is 22.7. The molecule has 0 spiro atoms. The lowest BCUT2D eigenvalue weighted by Crippen LogP contribution is -2.04. The summed E-state index contributed by atoms with van der Waals surface area (Å²) in [5.74, 6) is 0.529. The van der Waals surface area contributed by atoms with Crippen molar-refractivity contribution in [3.05, 3.63) is 73.5 Å². The predicted octanol–water partition coefficient (Wildman–Crippen LogP) is 4.95. The molecule has 8 nitrogen and oxygen atoms in total. The highest BCUT2D eigenvalue weighted by molar-refractivity contribution is 9.10. The molecule has 0 bridgehead atoms. The number of ketones is 1. The second-order valence-corrected chi connectivity index (χ2v) is 7.55. The van der Waals surface area contributed by atoms with Crippen molar-refractivity contribution in [2.75, 3.05) is 5.75 Å². The number of thioether (sulfide) groups is 1. The summed E-state index contributed by atoms with van der Waals surface area (Å²) in [6, 6.07) is 10.8. The molecule has 0 radical (unpaired) electrons. The molecule has 144 valence electrons. The molecule has 0 aliphatic carbocycles. The highest BCUT2D eigenvalue weighted by atomic mass is 79.9. The standard InChI is InChI=1S/C17H11BrClN3O5S/c18-14-6-3-11(22(24)25)7-13(14)15(23)9-28-17-21-20-16(27-17)8-26-12-4-1-10(19)2-5-12/h1-7H,8-9H2. The van der Waals surface area contributed by atoms with Gasteiger partial charge in [0.2, 0.25) is 0 Å². The van der Waals surface area contributed by atoms with E-state index < -0.39 is 4.92 Å². The average molecular weight is 485 g/mol. The minimum absolute atomic E-state index is 0.0144. The van der Waals surface area contributed by atoms with Gasteiger partial charge in [-0.05, 0) is 30.3 Å². The normalized spacial score (nSPS) is 10.6. The SMILES string of the molecule is O=C(CSc1nnc(COc2ccc(Cl)cc2)o1)c1cc([N+](=O)[O-])ccc1Br. The number of Topliss-reactive ketones (excluding diaryl/α,β-unsaturated/α-hetero) is 1. The van der Waals surface area contributed by atoms with Crippen molar-refractivity contribution in [2.45, 2.75) is 11.8 Å².